The van der Waals surface area contributed by atoms with Crippen molar-refractivity contribution in [2.24, 2.45) is 0 Å². The number of carboxylic acid groups (broad SMARTS) is 1. The van der Waals surface area contributed by atoms with Gasteiger partial charge in [0.15, 0.2) is 0 Å². The van der Waals surface area contributed by atoms with E-state index in [4.69, 9.17) is 23.2 Å². The lowest BCUT2D eigenvalue weighted by molar-refractivity contribution is -0.141. The van der Waals surface area contributed by atoms with Crippen LogP contribution in [-0.4, -0.2) is 44.4 Å². The highest BCUT2D eigenvalue weighted by atomic mass is 35.5. The molecule has 0 spiro atoms. The first-order chi connectivity index (χ1) is 15.3. The van der Waals surface area contributed by atoms with Gasteiger partial charge in [0.2, 0.25) is 0 Å². The number of fused-ring (bicyclic) bond motifs is 1. The number of halogens is 2. The summed E-state index contributed by atoms with van der Waals surface area (Å²) in [6.07, 6.45) is 4.82. The van der Waals surface area contributed by atoms with Gasteiger partial charge >= 0.3 is 5.97 Å². The summed E-state index contributed by atoms with van der Waals surface area (Å²) in [4.78, 5) is 28.1. The predicted molar refractivity (Wildman–Crippen MR) is 125 cm³/mol. The lowest BCUT2D eigenvalue weighted by Gasteiger charge is -2.48. The van der Waals surface area contributed by atoms with Gasteiger partial charge in [-0.25, -0.2) is 8.93 Å². The Balaban J connectivity index is 1.92. The summed E-state index contributed by atoms with van der Waals surface area (Å²) in [5, 5.41) is 11.0. The molecule has 32 heavy (non-hydrogen) atoms. The molecule has 0 bridgehead atoms. The van der Waals surface area contributed by atoms with Gasteiger partial charge in [0.1, 0.15) is 5.92 Å². The number of nitrogens with one attached hydrogen (secondary N) is 1. The third kappa shape index (κ3) is 4.31. The van der Waals surface area contributed by atoms with E-state index in [2.05, 4.69) is 4.72 Å². The average molecular weight is 495 g/mol. The molecule has 0 saturated heterocycles. The fourth-order valence-electron chi connectivity index (χ4n) is 5.05. The Labute approximate surface area is 199 Å². The number of hydrogen-bond donors (Lipinski definition) is 2. The number of rotatable bonds is 5. The Morgan fingerprint density at radius 3 is 2.53 bits per heavy atom. The van der Waals surface area contributed by atoms with Crippen molar-refractivity contribution in [3.63, 3.8) is 0 Å². The molecule has 2 aromatic carbocycles. The number of carbonyl (C=O) groups excluding carboxylic acids is 1. The molecule has 5 atom stereocenters. The third-order valence-corrected chi connectivity index (χ3v) is 7.52. The maximum Gasteiger partial charge on any atom is 0.313 e. The number of benzene rings is 2. The summed E-state index contributed by atoms with van der Waals surface area (Å²) in [6, 6.07) is 10.4. The van der Waals surface area contributed by atoms with Gasteiger partial charge in [-0.05, 0) is 42.2 Å². The van der Waals surface area contributed by atoms with E-state index in [9.17, 15) is 18.9 Å². The Morgan fingerprint density at radius 1 is 1.12 bits per heavy atom. The number of nitrogens with zero attached hydrogens (tertiary/aromatic N) is 1. The van der Waals surface area contributed by atoms with Crippen molar-refractivity contribution in [2.75, 3.05) is 6.26 Å². The van der Waals surface area contributed by atoms with Gasteiger partial charge in [0, 0.05) is 33.9 Å². The zero-order chi connectivity index (χ0) is 23.0. The van der Waals surface area contributed by atoms with Crippen molar-refractivity contribution in [3.05, 3.63) is 69.2 Å². The molecule has 0 aromatic heterocycles. The normalized spacial score (nSPS) is 26.5. The van der Waals surface area contributed by atoms with Gasteiger partial charge in [0.25, 0.3) is 5.91 Å². The number of carbonyl (C=O) groups is 2. The highest BCUT2D eigenvalue weighted by molar-refractivity contribution is 7.82. The molecule has 2 aliphatic rings. The van der Waals surface area contributed by atoms with Crippen LogP contribution in [-0.2, 0) is 15.8 Å². The first kappa shape index (κ1) is 23.2. The van der Waals surface area contributed by atoms with Gasteiger partial charge in [-0.3, -0.25) is 9.59 Å². The van der Waals surface area contributed by atoms with Crippen molar-refractivity contribution in [1.29, 1.82) is 0 Å². The van der Waals surface area contributed by atoms with Crippen LogP contribution in [0.4, 0.5) is 0 Å². The SMILES string of the molecule is CS(=O)N[C@@H]1CCCC[C@H]1N1C(=O)c2ccccc2[C@@H](C(=O)O)[C@@H]1c1ccc(Cl)cc1Cl. The second-order valence-electron chi connectivity index (χ2n) is 8.26. The van der Waals surface area contributed by atoms with Crippen LogP contribution in [0.15, 0.2) is 42.5 Å². The topological polar surface area (TPSA) is 86.7 Å². The number of amides is 1. The van der Waals surface area contributed by atoms with Crippen LogP contribution in [0.1, 0.15) is 59.1 Å². The summed E-state index contributed by atoms with van der Waals surface area (Å²) in [7, 11) is -1.27. The van der Waals surface area contributed by atoms with Crippen LogP contribution in [0.25, 0.3) is 0 Å². The minimum atomic E-state index is -1.27. The second kappa shape index (κ2) is 9.51. The average Bonchev–Trinajstić information content (AvgIpc) is 2.74. The quantitative estimate of drug-likeness (QED) is 0.637. The maximum absolute atomic E-state index is 13.8. The van der Waals surface area contributed by atoms with Crippen molar-refractivity contribution >= 4 is 46.1 Å². The molecule has 1 aliphatic heterocycles. The van der Waals surface area contributed by atoms with Crippen LogP contribution in [0, 0.1) is 0 Å². The maximum atomic E-state index is 13.8. The van der Waals surface area contributed by atoms with Crippen molar-refractivity contribution in [2.45, 2.75) is 49.7 Å². The summed E-state index contributed by atoms with van der Waals surface area (Å²) in [5.74, 6) is -2.28. The molecular formula is C23H24Cl2N2O4S. The Bertz CT molecular complexity index is 1080. The molecule has 1 fully saturated rings. The van der Waals surface area contributed by atoms with Gasteiger partial charge in [0.05, 0.1) is 17.0 Å². The fraction of sp³-hybridized carbons (Fsp3) is 0.391. The van der Waals surface area contributed by atoms with Gasteiger partial charge < -0.3 is 10.0 Å². The van der Waals surface area contributed by atoms with E-state index >= 15 is 0 Å². The van der Waals surface area contributed by atoms with E-state index in [0.29, 0.717) is 33.2 Å². The van der Waals surface area contributed by atoms with Crippen molar-refractivity contribution in [3.8, 4) is 0 Å². The van der Waals surface area contributed by atoms with Crippen molar-refractivity contribution < 1.29 is 18.9 Å². The van der Waals surface area contributed by atoms with Gasteiger partial charge in [-0.15, -0.1) is 0 Å². The third-order valence-electron chi connectivity index (χ3n) is 6.33. The summed E-state index contributed by atoms with van der Waals surface area (Å²) < 4.78 is 15.1. The molecule has 1 aliphatic carbocycles. The highest BCUT2D eigenvalue weighted by Gasteiger charge is 2.49. The molecule has 1 unspecified atom stereocenters. The van der Waals surface area contributed by atoms with Gasteiger partial charge in [-0.1, -0.05) is 60.3 Å². The van der Waals surface area contributed by atoms with E-state index < -0.39 is 28.9 Å². The zero-order valence-electron chi connectivity index (χ0n) is 17.5. The summed E-state index contributed by atoms with van der Waals surface area (Å²) in [6.45, 7) is 0. The van der Waals surface area contributed by atoms with Crippen LogP contribution < -0.4 is 4.72 Å². The monoisotopic (exact) mass is 494 g/mol. The molecule has 2 N–H and O–H groups in total. The minimum absolute atomic E-state index is 0.216. The number of hydrogen-bond acceptors (Lipinski definition) is 3. The van der Waals surface area contributed by atoms with E-state index in [1.807, 2.05) is 0 Å². The Morgan fingerprint density at radius 2 is 1.84 bits per heavy atom. The minimum Gasteiger partial charge on any atom is -0.481 e. The van der Waals surface area contributed by atoms with Crippen molar-refractivity contribution in [1.82, 2.24) is 9.62 Å². The molecular weight excluding hydrogens is 471 g/mol. The number of carboxylic acids is 1. The summed E-state index contributed by atoms with van der Waals surface area (Å²) in [5.41, 5.74) is 1.38. The molecule has 2 aromatic rings. The standard InChI is InChI=1S/C23H24Cl2N2O4S/c1-32(31)26-18-8-4-5-9-19(18)27-21(16-11-10-13(24)12-17(16)25)20(23(29)30)14-6-2-3-7-15(14)22(27)28/h2-3,6-7,10-12,18-21,26H,4-5,8-9H2,1H3,(H,29,30)/t18-,19-,20-,21+,32?/m1/s1. The predicted octanol–water partition coefficient (Wildman–Crippen LogP) is 4.55. The van der Waals surface area contributed by atoms with E-state index in [0.717, 1.165) is 19.3 Å². The van der Waals surface area contributed by atoms with Crippen LogP contribution in [0.3, 0.4) is 0 Å². The lowest BCUT2D eigenvalue weighted by Crippen LogP contribution is -2.58. The smallest absolute Gasteiger partial charge is 0.313 e. The first-order valence-corrected chi connectivity index (χ1v) is 12.8. The second-order valence-corrected chi connectivity index (χ2v) is 10.2. The molecule has 1 heterocycles. The zero-order valence-corrected chi connectivity index (χ0v) is 19.8. The molecule has 170 valence electrons. The highest BCUT2D eigenvalue weighted by Crippen LogP contribution is 2.47. The van der Waals surface area contributed by atoms with Gasteiger partial charge in [-0.2, -0.15) is 0 Å². The van der Waals surface area contributed by atoms with E-state index in [1.54, 1.807) is 53.6 Å². The Kier molecular flexibility index (Phi) is 6.91. The largest absolute Gasteiger partial charge is 0.481 e. The van der Waals surface area contributed by atoms with Crippen LogP contribution >= 0.6 is 23.2 Å². The molecule has 1 amide bonds. The van der Waals surface area contributed by atoms with Crippen LogP contribution in [0.5, 0.6) is 0 Å². The lowest BCUT2D eigenvalue weighted by atomic mass is 9.77. The summed E-state index contributed by atoms with van der Waals surface area (Å²) >= 11 is 12.7. The van der Waals surface area contributed by atoms with E-state index in [1.165, 1.54) is 0 Å². The van der Waals surface area contributed by atoms with Crippen LogP contribution in [0.2, 0.25) is 10.0 Å². The molecule has 1 saturated carbocycles. The molecule has 6 nitrogen and oxygen atoms in total. The first-order valence-electron chi connectivity index (χ1n) is 10.5. The molecule has 4 rings (SSSR count). The van der Waals surface area contributed by atoms with E-state index in [-0.39, 0.29) is 18.0 Å². The number of aliphatic carboxylic acids is 1. The molecule has 9 heteroatoms. The molecule has 0 radical (unpaired) electrons. The Hall–Kier alpha value is -1.93. The fourth-order valence-corrected chi connectivity index (χ4v) is 6.27.